The van der Waals surface area contributed by atoms with Gasteiger partial charge in [-0.25, -0.2) is 0 Å². The Morgan fingerprint density at radius 1 is 1.15 bits per heavy atom. The number of carbonyl (C=O) groups is 2. The van der Waals surface area contributed by atoms with Gasteiger partial charge in [-0.15, -0.1) is 0 Å². The molecule has 1 aromatic carbocycles. The van der Waals surface area contributed by atoms with E-state index in [1.165, 1.54) is 12.1 Å². The van der Waals surface area contributed by atoms with Crippen LogP contribution in [0.4, 0.5) is 8.78 Å². The molecule has 0 saturated carbocycles. The van der Waals surface area contributed by atoms with Gasteiger partial charge in [0, 0.05) is 19.1 Å². The van der Waals surface area contributed by atoms with Crippen molar-refractivity contribution in [2.45, 2.75) is 57.7 Å². The van der Waals surface area contributed by atoms with Gasteiger partial charge in [-0.2, -0.15) is 8.78 Å². The number of hydrogen-bond acceptors (Lipinski definition) is 3. The van der Waals surface area contributed by atoms with E-state index in [0.29, 0.717) is 25.9 Å². The molecular formula is C19H24F2N2O3. The highest BCUT2D eigenvalue weighted by molar-refractivity contribution is 6.01. The second kappa shape index (κ2) is 7.21. The average molecular weight is 366 g/mol. The molecule has 0 aromatic heterocycles. The zero-order valence-electron chi connectivity index (χ0n) is 15.1. The van der Waals surface area contributed by atoms with Gasteiger partial charge in [0.25, 0.3) is 5.91 Å². The van der Waals surface area contributed by atoms with Crippen LogP contribution in [-0.2, 0) is 4.79 Å². The van der Waals surface area contributed by atoms with Crippen LogP contribution in [-0.4, -0.2) is 52.9 Å². The molecule has 7 heteroatoms. The fraction of sp³-hybridized carbons (Fsp3) is 0.579. The number of ether oxygens (including phenoxy) is 1. The molecule has 2 saturated heterocycles. The van der Waals surface area contributed by atoms with Crippen molar-refractivity contribution in [3.63, 3.8) is 0 Å². The van der Waals surface area contributed by atoms with Crippen LogP contribution in [0.1, 0.15) is 49.9 Å². The molecule has 142 valence electrons. The third-order valence-electron chi connectivity index (χ3n) is 5.34. The monoisotopic (exact) mass is 366 g/mol. The van der Waals surface area contributed by atoms with E-state index in [1.54, 1.807) is 17.0 Å². The highest BCUT2D eigenvalue weighted by atomic mass is 19.3. The number of nitrogens with zero attached hydrogens (tertiary/aromatic N) is 2. The Labute approximate surface area is 151 Å². The summed E-state index contributed by atoms with van der Waals surface area (Å²) >= 11 is 0. The van der Waals surface area contributed by atoms with Gasteiger partial charge in [0.1, 0.15) is 11.3 Å². The van der Waals surface area contributed by atoms with Gasteiger partial charge in [-0.1, -0.05) is 12.1 Å². The molecule has 3 rings (SSSR count). The van der Waals surface area contributed by atoms with E-state index >= 15 is 0 Å². The van der Waals surface area contributed by atoms with E-state index in [2.05, 4.69) is 4.74 Å². The lowest BCUT2D eigenvalue weighted by Gasteiger charge is -2.46. The fourth-order valence-corrected chi connectivity index (χ4v) is 4.15. The molecule has 26 heavy (non-hydrogen) atoms. The van der Waals surface area contributed by atoms with Crippen molar-refractivity contribution in [3.8, 4) is 5.75 Å². The number of amides is 2. The third-order valence-corrected chi connectivity index (χ3v) is 5.34. The summed E-state index contributed by atoms with van der Waals surface area (Å²) < 4.78 is 29.9. The Bertz CT molecular complexity index is 695. The molecule has 0 radical (unpaired) electrons. The van der Waals surface area contributed by atoms with Crippen molar-refractivity contribution < 1.29 is 23.1 Å². The number of likely N-dealkylation sites (tertiary alicyclic amines) is 2. The largest absolute Gasteiger partial charge is 0.434 e. The van der Waals surface area contributed by atoms with Crippen molar-refractivity contribution in [2.75, 3.05) is 13.1 Å². The van der Waals surface area contributed by atoms with E-state index in [-0.39, 0.29) is 23.3 Å². The topological polar surface area (TPSA) is 49.9 Å². The SMILES string of the molecule is CC(C)N1CCCC2(CCCN2C(=O)c2ccccc2OC(F)F)C1=O. The number of rotatable bonds is 4. The highest BCUT2D eigenvalue weighted by Crippen LogP contribution is 2.40. The summed E-state index contributed by atoms with van der Waals surface area (Å²) in [7, 11) is 0. The summed E-state index contributed by atoms with van der Waals surface area (Å²) in [6.45, 7) is 2.04. The quantitative estimate of drug-likeness (QED) is 0.822. The number of carbonyl (C=O) groups excluding carboxylic acids is 2. The normalized spacial score (nSPS) is 23.4. The molecular weight excluding hydrogens is 342 g/mol. The molecule has 2 aliphatic heterocycles. The van der Waals surface area contributed by atoms with Gasteiger partial charge < -0.3 is 14.5 Å². The molecule has 2 amide bonds. The van der Waals surface area contributed by atoms with Gasteiger partial charge in [-0.05, 0) is 51.7 Å². The molecule has 1 spiro atoms. The Kier molecular flexibility index (Phi) is 5.16. The lowest BCUT2D eigenvalue weighted by molar-refractivity contribution is -0.147. The summed E-state index contributed by atoms with van der Waals surface area (Å²) in [5, 5.41) is 0. The maximum atomic E-state index is 13.2. The molecule has 0 bridgehead atoms. The number of hydrogen-bond donors (Lipinski definition) is 0. The lowest BCUT2D eigenvalue weighted by atomic mass is 9.84. The minimum absolute atomic E-state index is 0.0307. The molecule has 2 heterocycles. The highest BCUT2D eigenvalue weighted by Gasteiger charge is 2.53. The van der Waals surface area contributed by atoms with E-state index in [0.717, 1.165) is 12.8 Å². The first-order valence-corrected chi connectivity index (χ1v) is 9.04. The van der Waals surface area contributed by atoms with Gasteiger partial charge in [0.15, 0.2) is 0 Å². The molecule has 2 fully saturated rings. The number of benzene rings is 1. The van der Waals surface area contributed by atoms with Crippen LogP contribution in [0.2, 0.25) is 0 Å². The van der Waals surface area contributed by atoms with Crippen LogP contribution in [0.25, 0.3) is 0 Å². The minimum Gasteiger partial charge on any atom is -0.434 e. The van der Waals surface area contributed by atoms with Crippen LogP contribution in [0.15, 0.2) is 24.3 Å². The fourth-order valence-electron chi connectivity index (χ4n) is 4.15. The van der Waals surface area contributed by atoms with Gasteiger partial charge in [0.2, 0.25) is 5.91 Å². The van der Waals surface area contributed by atoms with Gasteiger partial charge >= 0.3 is 6.61 Å². The predicted octanol–water partition coefficient (Wildman–Crippen LogP) is 3.29. The Morgan fingerprint density at radius 3 is 2.46 bits per heavy atom. The van der Waals surface area contributed by atoms with Crippen molar-refractivity contribution in [1.82, 2.24) is 9.80 Å². The van der Waals surface area contributed by atoms with Crippen molar-refractivity contribution in [2.24, 2.45) is 0 Å². The van der Waals surface area contributed by atoms with E-state index in [9.17, 15) is 18.4 Å². The maximum absolute atomic E-state index is 13.2. The summed E-state index contributed by atoms with van der Waals surface area (Å²) in [6.07, 6.45) is 2.77. The van der Waals surface area contributed by atoms with Crippen molar-refractivity contribution in [1.29, 1.82) is 0 Å². The Morgan fingerprint density at radius 2 is 1.81 bits per heavy atom. The number of piperidine rings is 1. The van der Waals surface area contributed by atoms with Gasteiger partial charge in [-0.3, -0.25) is 9.59 Å². The second-order valence-electron chi connectivity index (χ2n) is 7.16. The number of alkyl halides is 2. The van der Waals surface area contributed by atoms with Crippen LogP contribution in [0.3, 0.4) is 0 Å². The number of halogens is 2. The first-order chi connectivity index (χ1) is 12.4. The molecule has 0 N–H and O–H groups in total. The molecule has 2 aliphatic rings. The third kappa shape index (κ3) is 3.15. The van der Waals surface area contributed by atoms with E-state index in [1.807, 2.05) is 18.7 Å². The maximum Gasteiger partial charge on any atom is 0.387 e. The predicted molar refractivity (Wildman–Crippen MR) is 92.2 cm³/mol. The minimum atomic E-state index is -3.01. The molecule has 5 nitrogen and oxygen atoms in total. The van der Waals surface area contributed by atoms with E-state index in [4.69, 9.17) is 0 Å². The molecule has 1 unspecified atom stereocenters. The van der Waals surface area contributed by atoms with Crippen molar-refractivity contribution >= 4 is 11.8 Å². The zero-order chi connectivity index (χ0) is 18.9. The van der Waals surface area contributed by atoms with E-state index < -0.39 is 18.1 Å². The smallest absolute Gasteiger partial charge is 0.387 e. The standard InChI is InChI=1S/C19H24F2N2O3/c1-13(2)22-11-5-9-19(17(22)25)10-6-12-23(19)16(24)14-7-3-4-8-15(14)26-18(20)21/h3-4,7-8,13,18H,5-6,9-12H2,1-2H3. The molecule has 1 aromatic rings. The lowest BCUT2D eigenvalue weighted by Crippen LogP contribution is -2.62. The van der Waals surface area contributed by atoms with Crippen LogP contribution >= 0.6 is 0 Å². The molecule has 1 atom stereocenters. The van der Waals surface area contributed by atoms with Crippen LogP contribution in [0.5, 0.6) is 5.75 Å². The average Bonchev–Trinajstić information content (AvgIpc) is 3.01. The Balaban J connectivity index is 1.94. The van der Waals surface area contributed by atoms with Crippen molar-refractivity contribution in [3.05, 3.63) is 29.8 Å². The molecule has 0 aliphatic carbocycles. The summed E-state index contributed by atoms with van der Waals surface area (Å²) in [6, 6.07) is 6.04. The first kappa shape index (κ1) is 18.6. The summed E-state index contributed by atoms with van der Waals surface area (Å²) in [5.41, 5.74) is -0.791. The summed E-state index contributed by atoms with van der Waals surface area (Å²) in [5.74, 6) is -0.604. The van der Waals surface area contributed by atoms with Crippen LogP contribution < -0.4 is 4.74 Å². The number of para-hydroxylation sites is 1. The Hall–Kier alpha value is -2.18. The summed E-state index contributed by atoms with van der Waals surface area (Å²) in [4.78, 5) is 29.8. The second-order valence-corrected chi connectivity index (χ2v) is 7.16. The van der Waals surface area contributed by atoms with Crippen LogP contribution in [0, 0.1) is 0 Å². The zero-order valence-corrected chi connectivity index (χ0v) is 15.1. The van der Waals surface area contributed by atoms with Gasteiger partial charge in [0.05, 0.1) is 5.56 Å². The first-order valence-electron chi connectivity index (χ1n) is 9.04.